The Kier molecular flexibility index (Phi) is 7.82. The van der Waals surface area contributed by atoms with Crippen LogP contribution in [-0.4, -0.2) is 25.0 Å². The van der Waals surface area contributed by atoms with Crippen molar-refractivity contribution in [3.8, 4) is 5.75 Å². The zero-order valence-corrected chi connectivity index (χ0v) is 18.0. The molecule has 0 bridgehead atoms. The summed E-state index contributed by atoms with van der Waals surface area (Å²) in [5.41, 5.74) is 2.21. The second-order valence-corrected chi connectivity index (χ2v) is 7.11. The first-order valence-electron chi connectivity index (χ1n) is 10.6. The summed E-state index contributed by atoms with van der Waals surface area (Å²) >= 11 is 0. The number of carbonyl (C=O) groups is 2. The Labute approximate surface area is 183 Å². The van der Waals surface area contributed by atoms with Crippen molar-refractivity contribution in [2.75, 3.05) is 23.4 Å². The van der Waals surface area contributed by atoms with E-state index in [4.69, 9.17) is 4.74 Å². The van der Waals surface area contributed by atoms with Crippen molar-refractivity contribution in [1.29, 1.82) is 0 Å². The topological polar surface area (TPSA) is 58.6 Å². The van der Waals surface area contributed by atoms with Gasteiger partial charge in [-0.1, -0.05) is 49.7 Å². The van der Waals surface area contributed by atoms with Crippen LogP contribution in [0.3, 0.4) is 0 Å². The summed E-state index contributed by atoms with van der Waals surface area (Å²) in [6.45, 7) is 5.16. The van der Waals surface area contributed by atoms with Crippen molar-refractivity contribution < 1.29 is 14.3 Å². The second kappa shape index (κ2) is 11.0. The van der Waals surface area contributed by atoms with Crippen LogP contribution >= 0.6 is 0 Å². The first-order valence-corrected chi connectivity index (χ1v) is 10.6. The summed E-state index contributed by atoms with van der Waals surface area (Å²) in [6.07, 6.45) is 2.00. The number of rotatable bonds is 9. The maximum absolute atomic E-state index is 13.3. The van der Waals surface area contributed by atoms with E-state index in [1.54, 1.807) is 47.4 Å². The first kappa shape index (κ1) is 22.1. The SMILES string of the molecule is CCCCOc1cccc(C(=O)Nc2ccccc2C(=O)N(CC)c2ccccc2)c1. The van der Waals surface area contributed by atoms with Crippen LogP contribution in [0.15, 0.2) is 78.9 Å². The lowest BCUT2D eigenvalue weighted by Gasteiger charge is -2.22. The van der Waals surface area contributed by atoms with Gasteiger partial charge >= 0.3 is 0 Å². The molecule has 0 spiro atoms. The van der Waals surface area contributed by atoms with Gasteiger partial charge in [0.15, 0.2) is 0 Å². The van der Waals surface area contributed by atoms with Crippen LogP contribution in [0.25, 0.3) is 0 Å². The zero-order chi connectivity index (χ0) is 22.1. The third-order valence-corrected chi connectivity index (χ3v) is 4.90. The van der Waals surface area contributed by atoms with Crippen LogP contribution in [0.4, 0.5) is 11.4 Å². The number of benzene rings is 3. The van der Waals surface area contributed by atoms with Crippen molar-refractivity contribution in [3.05, 3.63) is 90.0 Å². The summed E-state index contributed by atoms with van der Waals surface area (Å²) in [6, 6.07) is 23.6. The molecule has 5 heteroatoms. The van der Waals surface area contributed by atoms with Crippen LogP contribution in [0.5, 0.6) is 5.75 Å². The van der Waals surface area contributed by atoms with Gasteiger partial charge in [-0.05, 0) is 55.8 Å². The molecule has 0 aliphatic carbocycles. The van der Waals surface area contributed by atoms with Crippen LogP contribution < -0.4 is 15.0 Å². The quantitative estimate of drug-likeness (QED) is 0.450. The normalized spacial score (nSPS) is 10.4. The van der Waals surface area contributed by atoms with Crippen molar-refractivity contribution in [2.45, 2.75) is 26.7 Å². The fourth-order valence-corrected chi connectivity index (χ4v) is 3.23. The minimum Gasteiger partial charge on any atom is -0.494 e. The molecular weight excluding hydrogens is 388 g/mol. The molecule has 3 rings (SSSR count). The third-order valence-electron chi connectivity index (χ3n) is 4.90. The standard InChI is InChI=1S/C26H28N2O3/c1-3-5-18-31-22-15-11-12-20(19-22)25(29)27-24-17-10-9-16-23(24)26(30)28(4-2)21-13-7-6-8-14-21/h6-17,19H,3-5,18H2,1-2H3,(H,27,29). The minimum atomic E-state index is -0.288. The molecule has 5 nitrogen and oxygen atoms in total. The van der Waals surface area contributed by atoms with E-state index in [2.05, 4.69) is 12.2 Å². The minimum absolute atomic E-state index is 0.166. The molecule has 0 aromatic heterocycles. The molecule has 0 saturated heterocycles. The molecule has 0 aliphatic rings. The number of amides is 2. The van der Waals surface area contributed by atoms with Gasteiger partial charge in [0.1, 0.15) is 5.75 Å². The van der Waals surface area contributed by atoms with E-state index >= 15 is 0 Å². The molecule has 31 heavy (non-hydrogen) atoms. The van der Waals surface area contributed by atoms with E-state index in [1.807, 2.05) is 43.3 Å². The van der Waals surface area contributed by atoms with Gasteiger partial charge in [0.2, 0.25) is 0 Å². The van der Waals surface area contributed by atoms with E-state index in [1.165, 1.54) is 0 Å². The number of ether oxygens (including phenoxy) is 1. The van der Waals surface area contributed by atoms with Crippen LogP contribution in [-0.2, 0) is 0 Å². The highest BCUT2D eigenvalue weighted by molar-refractivity contribution is 6.13. The number of unbranched alkanes of at least 4 members (excludes halogenated alkanes) is 1. The maximum atomic E-state index is 13.3. The number of nitrogens with zero attached hydrogens (tertiary/aromatic N) is 1. The second-order valence-electron chi connectivity index (χ2n) is 7.11. The van der Waals surface area contributed by atoms with Crippen LogP contribution in [0.2, 0.25) is 0 Å². The molecule has 3 aromatic carbocycles. The highest BCUT2D eigenvalue weighted by atomic mass is 16.5. The van der Waals surface area contributed by atoms with Crippen LogP contribution in [0.1, 0.15) is 47.4 Å². The average molecular weight is 417 g/mol. The predicted octanol–water partition coefficient (Wildman–Crippen LogP) is 5.78. The van der Waals surface area contributed by atoms with Gasteiger partial charge in [0, 0.05) is 17.8 Å². The van der Waals surface area contributed by atoms with Gasteiger partial charge in [-0.25, -0.2) is 0 Å². The highest BCUT2D eigenvalue weighted by Gasteiger charge is 2.20. The van der Waals surface area contributed by atoms with Gasteiger partial charge in [0.25, 0.3) is 11.8 Å². The Balaban J connectivity index is 1.80. The van der Waals surface area contributed by atoms with E-state index < -0.39 is 0 Å². The highest BCUT2D eigenvalue weighted by Crippen LogP contribution is 2.23. The number of anilines is 2. The average Bonchev–Trinajstić information content (AvgIpc) is 2.81. The Bertz CT molecular complexity index is 1020. The molecule has 0 atom stereocenters. The molecule has 2 amide bonds. The number of hydrogen-bond acceptors (Lipinski definition) is 3. The largest absolute Gasteiger partial charge is 0.494 e. The Morgan fingerprint density at radius 3 is 2.39 bits per heavy atom. The molecule has 0 unspecified atom stereocenters. The molecule has 0 heterocycles. The van der Waals surface area contributed by atoms with Gasteiger partial charge in [0.05, 0.1) is 17.9 Å². The smallest absolute Gasteiger partial charge is 0.260 e. The first-order chi connectivity index (χ1) is 15.1. The van der Waals surface area contributed by atoms with Gasteiger partial charge in [-0.15, -0.1) is 0 Å². The van der Waals surface area contributed by atoms with Gasteiger partial charge < -0.3 is 15.0 Å². The predicted molar refractivity (Wildman–Crippen MR) is 125 cm³/mol. The van der Waals surface area contributed by atoms with Crippen LogP contribution in [0, 0.1) is 0 Å². The van der Waals surface area contributed by atoms with E-state index in [-0.39, 0.29) is 11.8 Å². The molecule has 3 aromatic rings. The molecule has 0 fully saturated rings. The summed E-state index contributed by atoms with van der Waals surface area (Å²) in [4.78, 5) is 27.8. The molecule has 0 aliphatic heterocycles. The van der Waals surface area contributed by atoms with Gasteiger partial charge in [-0.2, -0.15) is 0 Å². The van der Waals surface area contributed by atoms with Crippen molar-refractivity contribution in [3.63, 3.8) is 0 Å². The summed E-state index contributed by atoms with van der Waals surface area (Å²) in [7, 11) is 0. The van der Waals surface area contributed by atoms with Crippen molar-refractivity contribution >= 4 is 23.2 Å². The summed E-state index contributed by atoms with van der Waals surface area (Å²) in [5.74, 6) is 0.205. The molecule has 0 radical (unpaired) electrons. The fraction of sp³-hybridized carbons (Fsp3) is 0.231. The maximum Gasteiger partial charge on any atom is 0.260 e. The molecule has 1 N–H and O–H groups in total. The van der Waals surface area contributed by atoms with E-state index in [9.17, 15) is 9.59 Å². The number of nitrogens with one attached hydrogen (secondary N) is 1. The number of para-hydroxylation sites is 2. The number of hydrogen-bond donors (Lipinski definition) is 1. The summed E-state index contributed by atoms with van der Waals surface area (Å²) in [5, 5.41) is 2.89. The third kappa shape index (κ3) is 5.72. The van der Waals surface area contributed by atoms with Crippen molar-refractivity contribution in [1.82, 2.24) is 0 Å². The molecule has 0 saturated carbocycles. The summed E-state index contributed by atoms with van der Waals surface area (Å²) < 4.78 is 5.70. The molecule has 160 valence electrons. The van der Waals surface area contributed by atoms with Gasteiger partial charge in [-0.3, -0.25) is 9.59 Å². The molecular formula is C26H28N2O3. The van der Waals surface area contributed by atoms with Crippen molar-refractivity contribution in [2.24, 2.45) is 0 Å². The Morgan fingerprint density at radius 2 is 1.65 bits per heavy atom. The fourth-order valence-electron chi connectivity index (χ4n) is 3.23. The van der Waals surface area contributed by atoms with E-state index in [0.717, 1.165) is 18.5 Å². The number of carbonyl (C=O) groups excluding carboxylic acids is 2. The van der Waals surface area contributed by atoms with E-state index in [0.29, 0.717) is 35.7 Å². The lowest BCUT2D eigenvalue weighted by atomic mass is 10.1. The Morgan fingerprint density at radius 1 is 0.903 bits per heavy atom. The monoisotopic (exact) mass is 416 g/mol. The lowest BCUT2D eigenvalue weighted by Crippen LogP contribution is -2.31. The lowest BCUT2D eigenvalue weighted by molar-refractivity contribution is 0.0989. The Hall–Kier alpha value is -3.60. The zero-order valence-electron chi connectivity index (χ0n) is 18.0.